The molecule has 12 heteroatoms. The first kappa shape index (κ1) is 38.6. The molecule has 2 fully saturated rings. The topological polar surface area (TPSA) is 89.8 Å². The van der Waals surface area contributed by atoms with Crippen molar-refractivity contribution < 1.29 is 19.1 Å². The van der Waals surface area contributed by atoms with Gasteiger partial charge in [0.15, 0.2) is 10.3 Å². The van der Waals surface area contributed by atoms with Gasteiger partial charge in [0, 0.05) is 48.7 Å². The number of halogens is 1. The summed E-state index contributed by atoms with van der Waals surface area (Å²) in [6, 6.07) is 1.87. The lowest BCUT2D eigenvalue weighted by Crippen LogP contribution is -2.34. The molecule has 6 rings (SSSR count). The Hall–Kier alpha value is -3.15. The molecule has 3 aliphatic rings. The van der Waals surface area contributed by atoms with Crippen molar-refractivity contribution in [2.24, 2.45) is 11.8 Å². The molecular formula is C37H52ClN5O4S2. The summed E-state index contributed by atoms with van der Waals surface area (Å²) in [6.45, 7) is 18.1. The van der Waals surface area contributed by atoms with E-state index in [0.717, 1.165) is 82.8 Å². The Kier molecular flexibility index (Phi) is 15.2. The number of carbonyl (C=O) groups excluding carboxylic acids is 2. The highest BCUT2D eigenvalue weighted by Gasteiger charge is 2.21. The first-order valence-electron chi connectivity index (χ1n) is 17.4. The fourth-order valence-electron chi connectivity index (χ4n) is 6.11. The number of aryl methyl sites for hydroxylation is 1. The van der Waals surface area contributed by atoms with Crippen LogP contribution in [0.5, 0.6) is 0 Å². The van der Waals surface area contributed by atoms with Gasteiger partial charge in [-0.2, -0.15) is 0 Å². The van der Waals surface area contributed by atoms with Crippen molar-refractivity contribution in [3.05, 3.63) is 69.0 Å². The van der Waals surface area contributed by atoms with Gasteiger partial charge < -0.3 is 23.8 Å². The number of thiazole rings is 2. The number of hydrogen-bond donors (Lipinski definition) is 0. The lowest BCUT2D eigenvalue weighted by molar-refractivity contribution is -0.138. The summed E-state index contributed by atoms with van der Waals surface area (Å²) in [7, 11) is 0. The van der Waals surface area contributed by atoms with Crippen molar-refractivity contribution in [2.45, 2.75) is 86.1 Å². The molecular weight excluding hydrogens is 678 g/mol. The third kappa shape index (κ3) is 11.7. The number of alkyl halides is 1. The molecule has 0 spiro atoms. The number of aromatic nitrogens is 3. The van der Waals surface area contributed by atoms with E-state index in [0.29, 0.717) is 31.3 Å². The van der Waals surface area contributed by atoms with Gasteiger partial charge in [-0.15, -0.1) is 34.3 Å². The zero-order valence-electron chi connectivity index (χ0n) is 29.9. The van der Waals surface area contributed by atoms with E-state index in [2.05, 4.69) is 39.4 Å². The summed E-state index contributed by atoms with van der Waals surface area (Å²) >= 11 is 9.14. The predicted molar refractivity (Wildman–Crippen MR) is 202 cm³/mol. The molecule has 2 atom stereocenters. The summed E-state index contributed by atoms with van der Waals surface area (Å²) < 4.78 is 11.9. The van der Waals surface area contributed by atoms with Gasteiger partial charge in [-0.1, -0.05) is 25.5 Å². The van der Waals surface area contributed by atoms with Gasteiger partial charge >= 0.3 is 11.9 Å². The predicted octanol–water partition coefficient (Wildman–Crippen LogP) is 8.66. The second-order valence-corrected chi connectivity index (χ2v) is 15.0. The number of nitrogens with zero attached hydrogens (tertiary/aromatic N) is 5. The molecule has 3 aromatic rings. The maximum Gasteiger partial charge on any atom is 0.354 e. The number of hydrogen-bond acceptors (Lipinski definition) is 10. The Morgan fingerprint density at radius 1 is 0.898 bits per heavy atom. The summed E-state index contributed by atoms with van der Waals surface area (Å²) in [4.78, 5) is 37.2. The highest BCUT2D eigenvalue weighted by atomic mass is 35.5. The van der Waals surface area contributed by atoms with Crippen LogP contribution in [0.25, 0.3) is 0 Å². The van der Waals surface area contributed by atoms with Crippen LogP contribution >= 0.6 is 34.3 Å². The Morgan fingerprint density at radius 3 is 1.98 bits per heavy atom. The SMILES string of the molecule is CC1CCCN(c2nc(CCl)cs2)C1.CCOC(=O)C1=CC(C)=CC1.CCOC(=O)c1cc(C)cn1Cc1csc(N2CCCC(C)C2)n1. The van der Waals surface area contributed by atoms with Gasteiger partial charge in [-0.05, 0) is 89.3 Å². The minimum absolute atomic E-state index is 0.180. The van der Waals surface area contributed by atoms with Crippen LogP contribution in [0.15, 0.2) is 46.3 Å². The lowest BCUT2D eigenvalue weighted by Gasteiger charge is -2.30. The van der Waals surface area contributed by atoms with E-state index in [-0.39, 0.29) is 11.9 Å². The number of allylic oxidation sites excluding steroid dienone is 3. The minimum Gasteiger partial charge on any atom is -0.463 e. The van der Waals surface area contributed by atoms with E-state index < -0.39 is 0 Å². The maximum absolute atomic E-state index is 12.1. The molecule has 0 radical (unpaired) electrons. The minimum atomic E-state index is -0.272. The second kappa shape index (κ2) is 19.3. The Morgan fingerprint density at radius 2 is 1.47 bits per heavy atom. The fourth-order valence-corrected chi connectivity index (χ4v) is 8.06. The Bertz CT molecular complexity index is 1580. The second-order valence-electron chi connectivity index (χ2n) is 13.1. The summed E-state index contributed by atoms with van der Waals surface area (Å²) in [5.74, 6) is 1.60. The fraction of sp³-hybridized carbons (Fsp3) is 0.568. The highest BCUT2D eigenvalue weighted by Crippen LogP contribution is 2.28. The molecule has 1 aliphatic carbocycles. The van der Waals surface area contributed by atoms with Gasteiger partial charge in [0.05, 0.1) is 37.0 Å². The van der Waals surface area contributed by atoms with Crippen molar-refractivity contribution in [1.29, 1.82) is 0 Å². The normalized spacial score (nSPS) is 18.8. The first-order valence-corrected chi connectivity index (χ1v) is 19.7. The summed E-state index contributed by atoms with van der Waals surface area (Å²) in [5, 5.41) is 6.39. The molecule has 0 aromatic carbocycles. The highest BCUT2D eigenvalue weighted by molar-refractivity contribution is 7.14. The van der Waals surface area contributed by atoms with Crippen LogP contribution in [0.3, 0.4) is 0 Å². The molecule has 2 saturated heterocycles. The van der Waals surface area contributed by atoms with Gasteiger partial charge in [0.2, 0.25) is 0 Å². The largest absolute Gasteiger partial charge is 0.463 e. The van der Waals surface area contributed by atoms with Crippen molar-refractivity contribution in [2.75, 3.05) is 49.2 Å². The van der Waals surface area contributed by atoms with E-state index in [1.54, 1.807) is 22.7 Å². The van der Waals surface area contributed by atoms with Crippen molar-refractivity contribution >= 4 is 56.5 Å². The zero-order valence-corrected chi connectivity index (χ0v) is 32.3. The molecule has 0 saturated carbocycles. The van der Waals surface area contributed by atoms with Crippen LogP contribution in [-0.2, 0) is 26.7 Å². The van der Waals surface area contributed by atoms with E-state index in [9.17, 15) is 9.59 Å². The average molecular weight is 730 g/mol. The van der Waals surface area contributed by atoms with Crippen molar-refractivity contribution in [3.63, 3.8) is 0 Å². The molecule has 49 heavy (non-hydrogen) atoms. The molecule has 0 bridgehead atoms. The molecule has 2 unspecified atom stereocenters. The van der Waals surface area contributed by atoms with E-state index in [1.165, 1.54) is 25.7 Å². The zero-order chi connectivity index (χ0) is 35.3. The monoisotopic (exact) mass is 729 g/mol. The summed E-state index contributed by atoms with van der Waals surface area (Å²) in [6.07, 6.45) is 11.8. The first-order chi connectivity index (χ1) is 23.6. The van der Waals surface area contributed by atoms with E-state index >= 15 is 0 Å². The number of piperidine rings is 2. The van der Waals surface area contributed by atoms with Gasteiger partial charge in [-0.3, -0.25) is 0 Å². The third-order valence-electron chi connectivity index (χ3n) is 8.50. The molecule has 5 heterocycles. The number of ether oxygens (including phenoxy) is 2. The number of esters is 2. The number of anilines is 2. The molecule has 2 aliphatic heterocycles. The van der Waals surface area contributed by atoms with E-state index in [1.807, 2.05) is 56.7 Å². The molecule has 3 aromatic heterocycles. The van der Waals surface area contributed by atoms with E-state index in [4.69, 9.17) is 26.1 Å². The maximum atomic E-state index is 12.1. The van der Waals surface area contributed by atoms with Crippen LogP contribution in [-0.4, -0.2) is 65.9 Å². The van der Waals surface area contributed by atoms with Crippen LogP contribution in [0.1, 0.15) is 94.2 Å². The molecule has 9 nitrogen and oxygen atoms in total. The van der Waals surface area contributed by atoms with Crippen LogP contribution in [0.2, 0.25) is 0 Å². The van der Waals surface area contributed by atoms with Crippen molar-refractivity contribution in [3.8, 4) is 0 Å². The number of carbonyl (C=O) groups is 2. The standard InChI is InChI=1S/C18H25N3O2S.C10H15ClN2S.C9H12O2/c1-4-23-17(22)16-8-14(3)10-21(16)11-15-12-24-18(19-15)20-7-5-6-13(2)9-20;1-8-3-2-4-13(6-8)10-12-9(5-11)7-14-10;1-3-11-9(10)8-5-4-7(2)6-8/h8,10,12-13H,4-7,9,11H2,1-3H3;7-8H,2-6H2,1H3;4,6H,3,5H2,1-2H3. The Balaban J connectivity index is 0.000000183. The molecule has 268 valence electrons. The van der Waals surface area contributed by atoms with Gasteiger partial charge in [-0.25, -0.2) is 19.6 Å². The lowest BCUT2D eigenvalue weighted by atomic mass is 10.0. The van der Waals surface area contributed by atoms with Crippen LogP contribution < -0.4 is 9.80 Å². The quantitative estimate of drug-likeness (QED) is 0.160. The molecule has 0 N–H and O–H groups in total. The number of rotatable bonds is 9. The molecule has 0 amide bonds. The average Bonchev–Trinajstić information content (AvgIpc) is 3.90. The van der Waals surface area contributed by atoms with Gasteiger partial charge in [0.1, 0.15) is 5.69 Å². The Labute approximate surface area is 305 Å². The van der Waals surface area contributed by atoms with Gasteiger partial charge in [0.25, 0.3) is 0 Å². The smallest absolute Gasteiger partial charge is 0.354 e. The summed E-state index contributed by atoms with van der Waals surface area (Å²) in [5.41, 5.74) is 5.56. The van der Waals surface area contributed by atoms with Crippen LogP contribution in [0, 0.1) is 18.8 Å². The third-order valence-corrected chi connectivity index (χ3v) is 10.7. The van der Waals surface area contributed by atoms with Crippen LogP contribution in [0.4, 0.5) is 10.3 Å². The van der Waals surface area contributed by atoms with Crippen molar-refractivity contribution in [1.82, 2.24) is 14.5 Å².